The lowest BCUT2D eigenvalue weighted by molar-refractivity contribution is 0.376. The van der Waals surface area contributed by atoms with Crippen LogP contribution in [-0.4, -0.2) is 24.9 Å². The van der Waals surface area contributed by atoms with E-state index in [4.69, 9.17) is 15.6 Å². The van der Waals surface area contributed by atoms with Crippen molar-refractivity contribution in [3.63, 3.8) is 0 Å². The number of nitrogens with two attached hydrogens (primary N) is 1. The number of aromatic hydroxyl groups is 1. The Morgan fingerprint density at radius 2 is 1.71 bits per heavy atom. The third-order valence-electron chi connectivity index (χ3n) is 6.00. The van der Waals surface area contributed by atoms with Gasteiger partial charge in [0.25, 0.3) is 0 Å². The second kappa shape index (κ2) is 8.04. The molecule has 166 valence electrons. The Hall–Kier alpha value is -4.65. The molecule has 7 nitrogen and oxygen atoms in total. The van der Waals surface area contributed by atoms with Crippen LogP contribution in [0.5, 0.6) is 11.5 Å². The summed E-state index contributed by atoms with van der Waals surface area (Å²) in [6.45, 7) is 0.365. The molecule has 3 aromatic carbocycles. The van der Waals surface area contributed by atoms with E-state index in [0.29, 0.717) is 29.1 Å². The van der Waals surface area contributed by atoms with E-state index in [1.165, 1.54) is 6.33 Å². The first-order valence-electron chi connectivity index (χ1n) is 11.0. The van der Waals surface area contributed by atoms with Gasteiger partial charge in [-0.25, -0.2) is 14.6 Å². The molecule has 6 rings (SSSR count). The van der Waals surface area contributed by atoms with Crippen LogP contribution in [0.4, 0.5) is 5.82 Å². The van der Waals surface area contributed by atoms with Gasteiger partial charge in [-0.1, -0.05) is 60.7 Å². The summed E-state index contributed by atoms with van der Waals surface area (Å²) in [7, 11) is 0. The van der Waals surface area contributed by atoms with Gasteiger partial charge in [-0.2, -0.15) is 5.10 Å². The molecule has 1 aliphatic heterocycles. The predicted molar refractivity (Wildman–Crippen MR) is 131 cm³/mol. The molecule has 0 fully saturated rings. The Morgan fingerprint density at radius 3 is 2.56 bits per heavy atom. The summed E-state index contributed by atoms with van der Waals surface area (Å²) in [4.78, 5) is 8.66. The number of nitrogens with zero attached hydrogens (tertiary/aromatic N) is 4. The van der Waals surface area contributed by atoms with E-state index >= 15 is 0 Å². The van der Waals surface area contributed by atoms with E-state index in [0.717, 1.165) is 40.2 Å². The molecule has 0 unspecified atom stereocenters. The molecule has 0 aliphatic carbocycles. The minimum absolute atomic E-state index is 0.150. The fourth-order valence-electron chi connectivity index (χ4n) is 4.39. The van der Waals surface area contributed by atoms with Crippen LogP contribution in [0.1, 0.15) is 11.1 Å². The number of nitrogen functional groups attached to an aromatic ring is 1. The maximum Gasteiger partial charge on any atom is 0.164 e. The Bertz CT molecular complexity index is 1560. The van der Waals surface area contributed by atoms with Crippen LogP contribution in [0.2, 0.25) is 0 Å². The highest BCUT2D eigenvalue weighted by Gasteiger charge is 2.24. The molecule has 3 heterocycles. The average molecular weight is 447 g/mol. The Kier molecular flexibility index (Phi) is 4.73. The van der Waals surface area contributed by atoms with E-state index in [2.05, 4.69) is 28.2 Å². The lowest BCUT2D eigenvalue weighted by atomic mass is 9.94. The molecule has 0 atom stereocenters. The van der Waals surface area contributed by atoms with Crippen molar-refractivity contribution < 1.29 is 9.84 Å². The SMILES string of the molecule is Nc1ncnc2c1c(-c1cccc(O)c1)nn2CC1=C(c2ccccc2)Cc2ccccc2O1. The van der Waals surface area contributed by atoms with Gasteiger partial charge >= 0.3 is 0 Å². The van der Waals surface area contributed by atoms with Crippen molar-refractivity contribution in [3.05, 3.63) is 102 Å². The zero-order valence-electron chi connectivity index (χ0n) is 18.2. The normalized spacial score (nSPS) is 13.1. The number of hydrogen-bond donors (Lipinski definition) is 2. The number of ether oxygens (including phenoxy) is 1. The van der Waals surface area contributed by atoms with Crippen LogP contribution in [0.15, 0.2) is 90.9 Å². The first kappa shape index (κ1) is 20.0. The quantitative estimate of drug-likeness (QED) is 0.410. The number of aromatic nitrogens is 4. The van der Waals surface area contributed by atoms with Crippen LogP contribution in [-0.2, 0) is 13.0 Å². The highest BCUT2D eigenvalue weighted by molar-refractivity contribution is 5.98. The molecule has 0 saturated heterocycles. The molecule has 1 aliphatic rings. The molecule has 0 saturated carbocycles. The highest BCUT2D eigenvalue weighted by Crippen LogP contribution is 2.37. The molecular weight excluding hydrogens is 426 g/mol. The van der Waals surface area contributed by atoms with Crippen molar-refractivity contribution in [2.45, 2.75) is 13.0 Å². The number of rotatable bonds is 4. The van der Waals surface area contributed by atoms with Gasteiger partial charge in [0.05, 0.1) is 5.39 Å². The Labute approximate surface area is 195 Å². The van der Waals surface area contributed by atoms with Gasteiger partial charge in [-0.05, 0) is 29.3 Å². The van der Waals surface area contributed by atoms with Gasteiger partial charge in [-0.3, -0.25) is 0 Å². The summed E-state index contributed by atoms with van der Waals surface area (Å²) in [6.07, 6.45) is 2.19. The van der Waals surface area contributed by atoms with Crippen LogP contribution >= 0.6 is 0 Å². The Balaban J connectivity index is 1.51. The first-order valence-corrected chi connectivity index (χ1v) is 11.0. The van der Waals surface area contributed by atoms with Gasteiger partial charge in [0.2, 0.25) is 0 Å². The molecule has 0 bridgehead atoms. The van der Waals surface area contributed by atoms with Crippen molar-refractivity contribution in [3.8, 4) is 22.8 Å². The first-order chi connectivity index (χ1) is 16.7. The summed E-state index contributed by atoms with van der Waals surface area (Å²) in [5.41, 5.74) is 11.5. The number of phenols is 1. The zero-order chi connectivity index (χ0) is 23.1. The van der Waals surface area contributed by atoms with Crippen LogP contribution in [0.25, 0.3) is 27.9 Å². The van der Waals surface area contributed by atoms with Gasteiger partial charge < -0.3 is 15.6 Å². The lowest BCUT2D eigenvalue weighted by Crippen LogP contribution is -2.16. The third kappa shape index (κ3) is 3.44. The van der Waals surface area contributed by atoms with Crippen LogP contribution in [0, 0.1) is 0 Å². The summed E-state index contributed by atoms with van der Waals surface area (Å²) in [6, 6.07) is 25.2. The molecule has 2 aromatic heterocycles. The van der Waals surface area contributed by atoms with Crippen molar-refractivity contribution >= 4 is 22.4 Å². The molecule has 0 radical (unpaired) electrons. The van der Waals surface area contributed by atoms with E-state index in [-0.39, 0.29) is 5.75 Å². The largest absolute Gasteiger partial charge is 0.508 e. The third-order valence-corrected chi connectivity index (χ3v) is 6.00. The van der Waals surface area contributed by atoms with Gasteiger partial charge in [0.1, 0.15) is 41.6 Å². The number of allylic oxidation sites excluding steroid dienone is 2. The molecular formula is C27H21N5O2. The summed E-state index contributed by atoms with van der Waals surface area (Å²) < 4.78 is 8.21. The number of benzene rings is 3. The van der Waals surface area contributed by atoms with E-state index in [9.17, 15) is 5.11 Å². The van der Waals surface area contributed by atoms with Crippen molar-refractivity contribution in [2.24, 2.45) is 0 Å². The molecule has 34 heavy (non-hydrogen) atoms. The van der Waals surface area contributed by atoms with Crippen LogP contribution in [0.3, 0.4) is 0 Å². The van der Waals surface area contributed by atoms with Gasteiger partial charge in [0, 0.05) is 17.6 Å². The molecule has 7 heteroatoms. The number of fused-ring (bicyclic) bond motifs is 2. The average Bonchev–Trinajstić information content (AvgIpc) is 3.24. The zero-order valence-corrected chi connectivity index (χ0v) is 18.2. The van der Waals surface area contributed by atoms with E-state index < -0.39 is 0 Å². The number of phenolic OH excluding ortho intramolecular Hbond substituents is 1. The number of hydrogen-bond acceptors (Lipinski definition) is 6. The highest BCUT2D eigenvalue weighted by atomic mass is 16.5. The number of anilines is 1. The molecule has 0 amide bonds. The maximum absolute atomic E-state index is 10.0. The van der Waals surface area contributed by atoms with Crippen LogP contribution < -0.4 is 10.5 Å². The second-order valence-electron chi connectivity index (χ2n) is 8.17. The predicted octanol–water partition coefficient (Wildman–Crippen LogP) is 4.83. The number of para-hydroxylation sites is 1. The topological polar surface area (TPSA) is 99.1 Å². The van der Waals surface area contributed by atoms with Crippen molar-refractivity contribution in [1.29, 1.82) is 0 Å². The monoisotopic (exact) mass is 447 g/mol. The standard InChI is InChI=1S/C27H21N5O2/c28-26-24-25(19-10-6-11-20(33)13-19)31-32(27(24)30-16-29-26)15-23-21(17-7-2-1-3-8-17)14-18-9-4-5-12-22(18)34-23/h1-13,16,33H,14-15H2,(H2,28,29,30). The van der Waals surface area contributed by atoms with E-state index in [1.54, 1.807) is 22.9 Å². The maximum atomic E-state index is 10.0. The fourth-order valence-corrected chi connectivity index (χ4v) is 4.39. The summed E-state index contributed by atoms with van der Waals surface area (Å²) in [5, 5.41) is 15.5. The van der Waals surface area contributed by atoms with Gasteiger partial charge in [0.15, 0.2) is 5.65 Å². The van der Waals surface area contributed by atoms with Crippen molar-refractivity contribution in [1.82, 2.24) is 19.7 Å². The van der Waals surface area contributed by atoms with Gasteiger partial charge in [-0.15, -0.1) is 0 Å². The molecule has 0 spiro atoms. The molecule has 5 aromatic rings. The summed E-state index contributed by atoms with van der Waals surface area (Å²) in [5.74, 6) is 2.13. The summed E-state index contributed by atoms with van der Waals surface area (Å²) >= 11 is 0. The lowest BCUT2D eigenvalue weighted by Gasteiger charge is -2.24. The minimum Gasteiger partial charge on any atom is -0.508 e. The smallest absolute Gasteiger partial charge is 0.164 e. The van der Waals surface area contributed by atoms with E-state index in [1.807, 2.05) is 42.5 Å². The van der Waals surface area contributed by atoms with Crippen molar-refractivity contribution in [2.75, 3.05) is 5.73 Å². The minimum atomic E-state index is 0.150. The Morgan fingerprint density at radius 1 is 0.912 bits per heavy atom. The second-order valence-corrected chi connectivity index (χ2v) is 8.17. The fraction of sp³-hybridized carbons (Fsp3) is 0.0741. The molecule has 3 N–H and O–H groups in total.